The smallest absolute Gasteiger partial charge is 0.315 e. The fourth-order valence-electron chi connectivity index (χ4n) is 2.74. The highest BCUT2D eigenvalue weighted by Gasteiger charge is 2.30. The molecule has 1 heterocycles. The number of amides is 2. The molecule has 0 saturated heterocycles. The lowest BCUT2D eigenvalue weighted by molar-refractivity contribution is -0.141. The second-order valence-corrected chi connectivity index (χ2v) is 7.15. The van der Waals surface area contributed by atoms with Crippen molar-refractivity contribution < 1.29 is 14.7 Å². The quantitative estimate of drug-likeness (QED) is 0.782. The van der Waals surface area contributed by atoms with Gasteiger partial charge in [-0.15, -0.1) is 11.3 Å². The summed E-state index contributed by atoms with van der Waals surface area (Å²) in [6, 6.07) is 4.00. The number of carboxylic acids is 1. The topological polar surface area (TPSA) is 78.4 Å². The van der Waals surface area contributed by atoms with Crippen molar-refractivity contribution >= 4 is 23.3 Å². The Morgan fingerprint density at radius 2 is 2.19 bits per heavy atom. The van der Waals surface area contributed by atoms with E-state index in [1.54, 1.807) is 11.3 Å². The molecular formula is C15H22N2O3S. The number of carbonyl (C=O) groups excluding carboxylic acids is 1. The van der Waals surface area contributed by atoms with Crippen LogP contribution < -0.4 is 10.6 Å². The molecule has 3 atom stereocenters. The van der Waals surface area contributed by atoms with Crippen molar-refractivity contribution in [2.24, 2.45) is 5.92 Å². The van der Waals surface area contributed by atoms with Crippen LogP contribution in [0.2, 0.25) is 0 Å². The molecule has 0 aliphatic heterocycles. The minimum Gasteiger partial charge on any atom is -0.481 e. The predicted molar refractivity (Wildman–Crippen MR) is 82.7 cm³/mol. The maximum atomic E-state index is 11.9. The number of hydrogen-bond acceptors (Lipinski definition) is 3. The lowest BCUT2D eigenvalue weighted by atomic mass is 10.1. The molecule has 6 heteroatoms. The van der Waals surface area contributed by atoms with E-state index in [2.05, 4.69) is 29.7 Å². The summed E-state index contributed by atoms with van der Waals surface area (Å²) < 4.78 is 0. The molecule has 1 unspecified atom stereocenters. The molecule has 0 spiro atoms. The van der Waals surface area contributed by atoms with Gasteiger partial charge in [-0.3, -0.25) is 4.79 Å². The summed E-state index contributed by atoms with van der Waals surface area (Å²) in [4.78, 5) is 25.3. The van der Waals surface area contributed by atoms with Gasteiger partial charge in [0.25, 0.3) is 0 Å². The van der Waals surface area contributed by atoms with E-state index in [1.807, 2.05) is 6.92 Å². The molecule has 1 saturated carbocycles. The minimum atomic E-state index is -0.763. The standard InChI is InChI=1S/C15H22N2O3S/c1-9(7-13-6-3-10(2)21-13)16-15(20)17-12-5-4-11(8-12)14(18)19/h3,6,9,11-12H,4-5,7-8H2,1-2H3,(H,18,19)(H2,16,17,20)/t9?,11-,12+/m1/s1. The third-order valence-corrected chi connectivity index (χ3v) is 4.82. The number of urea groups is 1. The zero-order chi connectivity index (χ0) is 15.4. The maximum absolute atomic E-state index is 11.9. The number of thiophene rings is 1. The zero-order valence-electron chi connectivity index (χ0n) is 12.4. The number of carbonyl (C=O) groups is 2. The van der Waals surface area contributed by atoms with E-state index in [0.29, 0.717) is 12.8 Å². The highest BCUT2D eigenvalue weighted by molar-refractivity contribution is 7.11. The molecule has 1 aliphatic carbocycles. The van der Waals surface area contributed by atoms with Gasteiger partial charge in [-0.1, -0.05) is 0 Å². The molecule has 5 nitrogen and oxygen atoms in total. The SMILES string of the molecule is Cc1ccc(CC(C)NC(=O)N[C@H]2CC[C@@H](C(=O)O)C2)s1. The van der Waals surface area contributed by atoms with Gasteiger partial charge in [-0.25, -0.2) is 4.79 Å². The molecule has 116 valence electrons. The van der Waals surface area contributed by atoms with Crippen LogP contribution in [0.3, 0.4) is 0 Å². The van der Waals surface area contributed by atoms with Crippen molar-refractivity contribution in [1.82, 2.24) is 10.6 Å². The second-order valence-electron chi connectivity index (χ2n) is 5.78. The zero-order valence-corrected chi connectivity index (χ0v) is 13.2. The molecule has 1 aromatic heterocycles. The van der Waals surface area contributed by atoms with Crippen LogP contribution in [0.1, 0.15) is 35.9 Å². The largest absolute Gasteiger partial charge is 0.481 e. The van der Waals surface area contributed by atoms with Crippen LogP contribution in [0.25, 0.3) is 0 Å². The lowest BCUT2D eigenvalue weighted by Crippen LogP contribution is -2.45. The summed E-state index contributed by atoms with van der Waals surface area (Å²) in [6.07, 6.45) is 2.72. The molecule has 21 heavy (non-hydrogen) atoms. The monoisotopic (exact) mass is 310 g/mol. The Balaban J connectivity index is 1.73. The molecule has 1 aliphatic rings. The number of nitrogens with one attached hydrogen (secondary N) is 2. The van der Waals surface area contributed by atoms with Gasteiger partial charge in [-0.2, -0.15) is 0 Å². The molecule has 3 N–H and O–H groups in total. The van der Waals surface area contributed by atoms with Crippen LogP contribution in [0.5, 0.6) is 0 Å². The Bertz CT molecular complexity index is 515. The van der Waals surface area contributed by atoms with E-state index >= 15 is 0 Å². The minimum absolute atomic E-state index is 0.0257. The van der Waals surface area contributed by atoms with E-state index in [0.717, 1.165) is 12.8 Å². The second kappa shape index (κ2) is 6.93. The first-order valence-electron chi connectivity index (χ1n) is 7.29. The van der Waals surface area contributed by atoms with E-state index in [1.165, 1.54) is 9.75 Å². The first-order valence-corrected chi connectivity index (χ1v) is 8.11. The molecule has 1 aromatic rings. The molecule has 2 rings (SSSR count). The van der Waals surface area contributed by atoms with Gasteiger partial charge >= 0.3 is 12.0 Å². The Morgan fingerprint density at radius 3 is 2.76 bits per heavy atom. The number of aliphatic carboxylic acids is 1. The summed E-state index contributed by atoms with van der Waals surface area (Å²) in [5.74, 6) is -1.08. The third kappa shape index (κ3) is 4.74. The normalized spacial score (nSPS) is 22.8. The van der Waals surface area contributed by atoms with Crippen molar-refractivity contribution in [3.63, 3.8) is 0 Å². The van der Waals surface area contributed by atoms with Crippen LogP contribution >= 0.6 is 11.3 Å². The molecule has 1 fully saturated rings. The Labute approximate surface area is 128 Å². The van der Waals surface area contributed by atoms with Gasteiger partial charge in [0.05, 0.1) is 5.92 Å². The third-order valence-electron chi connectivity index (χ3n) is 3.80. The summed E-state index contributed by atoms with van der Waals surface area (Å²) in [5.41, 5.74) is 0. The van der Waals surface area contributed by atoms with Gasteiger partial charge in [0, 0.05) is 28.3 Å². The van der Waals surface area contributed by atoms with Crippen molar-refractivity contribution in [2.75, 3.05) is 0 Å². The van der Waals surface area contributed by atoms with Crippen LogP contribution in [0.15, 0.2) is 12.1 Å². The van der Waals surface area contributed by atoms with Gasteiger partial charge in [0.1, 0.15) is 0 Å². The number of rotatable bonds is 5. The van der Waals surface area contributed by atoms with E-state index in [-0.39, 0.29) is 24.0 Å². The van der Waals surface area contributed by atoms with Gasteiger partial charge in [0.2, 0.25) is 0 Å². The molecule has 0 aromatic carbocycles. The predicted octanol–water partition coefficient (Wildman–Crippen LogP) is 2.54. The Morgan fingerprint density at radius 1 is 1.43 bits per heavy atom. The van der Waals surface area contributed by atoms with Crippen LogP contribution in [-0.2, 0) is 11.2 Å². The fraction of sp³-hybridized carbons (Fsp3) is 0.600. The highest BCUT2D eigenvalue weighted by Crippen LogP contribution is 2.25. The van der Waals surface area contributed by atoms with Crippen molar-refractivity contribution in [3.8, 4) is 0 Å². The van der Waals surface area contributed by atoms with E-state index < -0.39 is 5.97 Å². The number of hydrogen-bond donors (Lipinski definition) is 3. The number of aryl methyl sites for hydroxylation is 1. The summed E-state index contributed by atoms with van der Waals surface area (Å²) in [7, 11) is 0. The molecular weight excluding hydrogens is 288 g/mol. The van der Waals surface area contributed by atoms with Crippen molar-refractivity contribution in [1.29, 1.82) is 0 Å². The van der Waals surface area contributed by atoms with Gasteiger partial charge in [0.15, 0.2) is 0 Å². The van der Waals surface area contributed by atoms with Crippen LogP contribution in [-0.4, -0.2) is 29.2 Å². The first kappa shape index (κ1) is 15.8. The van der Waals surface area contributed by atoms with Crippen LogP contribution in [0, 0.1) is 12.8 Å². The first-order chi connectivity index (χ1) is 9.94. The fourth-order valence-corrected chi connectivity index (χ4v) is 3.75. The average Bonchev–Trinajstić information content (AvgIpc) is 2.98. The van der Waals surface area contributed by atoms with Crippen molar-refractivity contribution in [3.05, 3.63) is 21.9 Å². The Hall–Kier alpha value is -1.56. The number of carboxylic acid groups (broad SMARTS) is 1. The van der Waals surface area contributed by atoms with Crippen molar-refractivity contribution in [2.45, 2.75) is 51.6 Å². The molecule has 0 radical (unpaired) electrons. The lowest BCUT2D eigenvalue weighted by Gasteiger charge is -2.17. The van der Waals surface area contributed by atoms with Gasteiger partial charge < -0.3 is 15.7 Å². The van der Waals surface area contributed by atoms with Gasteiger partial charge in [-0.05, 0) is 45.2 Å². The maximum Gasteiger partial charge on any atom is 0.315 e. The molecule has 2 amide bonds. The summed E-state index contributed by atoms with van der Waals surface area (Å²) >= 11 is 1.74. The highest BCUT2D eigenvalue weighted by atomic mass is 32.1. The van der Waals surface area contributed by atoms with E-state index in [4.69, 9.17) is 5.11 Å². The molecule has 0 bridgehead atoms. The Kier molecular flexibility index (Phi) is 5.22. The van der Waals surface area contributed by atoms with Crippen LogP contribution in [0.4, 0.5) is 4.79 Å². The van der Waals surface area contributed by atoms with E-state index in [9.17, 15) is 9.59 Å². The summed E-state index contributed by atoms with van der Waals surface area (Å²) in [5, 5.41) is 14.7. The summed E-state index contributed by atoms with van der Waals surface area (Å²) in [6.45, 7) is 4.04. The average molecular weight is 310 g/mol.